The van der Waals surface area contributed by atoms with Gasteiger partial charge in [-0.1, -0.05) is 78.9 Å². The van der Waals surface area contributed by atoms with Crippen molar-refractivity contribution in [2.45, 2.75) is 50.3 Å². The molecule has 2 aliphatic rings. The van der Waals surface area contributed by atoms with Crippen LogP contribution in [0, 0.1) is 0 Å². The van der Waals surface area contributed by atoms with E-state index in [4.69, 9.17) is 33.2 Å². The molecule has 11 nitrogen and oxygen atoms in total. The lowest BCUT2D eigenvalue weighted by atomic mass is 10.0. The summed E-state index contributed by atoms with van der Waals surface area (Å²) >= 11 is 0. The molecule has 1 unspecified atom stereocenters. The van der Waals surface area contributed by atoms with Gasteiger partial charge in [-0.05, 0) is 55.8 Å². The van der Waals surface area contributed by atoms with Gasteiger partial charge in [0.2, 0.25) is 0 Å². The number of fused-ring (bicyclic) bond motifs is 1. The number of carbonyl (C=O) groups is 4. The maximum absolute atomic E-state index is 14.0. The van der Waals surface area contributed by atoms with Gasteiger partial charge in [0.1, 0.15) is 25.4 Å². The Kier molecular flexibility index (Phi) is 9.86. The number of hydrogen-bond donors (Lipinski definition) is 0. The molecular formula is C38H34O11. The van der Waals surface area contributed by atoms with Gasteiger partial charge in [-0.2, -0.15) is 0 Å². The Labute approximate surface area is 282 Å². The zero-order valence-electron chi connectivity index (χ0n) is 26.8. The van der Waals surface area contributed by atoms with Crippen molar-refractivity contribution < 1.29 is 52.3 Å². The number of benzene rings is 4. The molecule has 0 aliphatic carbocycles. The van der Waals surface area contributed by atoms with Crippen LogP contribution in [0.5, 0.6) is 0 Å². The van der Waals surface area contributed by atoms with Crippen LogP contribution in [0.3, 0.4) is 0 Å². The Morgan fingerprint density at radius 1 is 0.592 bits per heavy atom. The summed E-state index contributed by atoms with van der Waals surface area (Å²) in [6.07, 6.45) is -3.05. The van der Waals surface area contributed by atoms with E-state index in [1.165, 1.54) is 12.1 Å². The summed E-state index contributed by atoms with van der Waals surface area (Å²) in [6, 6.07) is 31.7. The zero-order valence-corrected chi connectivity index (χ0v) is 26.8. The molecule has 2 saturated heterocycles. The summed E-state index contributed by atoms with van der Waals surface area (Å²) in [6.45, 7) is 2.40. The lowest BCUT2D eigenvalue weighted by Gasteiger charge is -2.33. The standard InChI is InChI=1S/C38H34O11/c1-37(2)47-31-30(23-44-33(39)26-16-8-4-9-17-26)46-38(32(31)48-37,24-45-34(40)27-18-10-5-11-19-27)49-36(42)29-21-13-12-20-28(29)35(41)43-22-25-14-6-3-7-15-25/h3-21,30-32H,22-24H2,1-2H3/t30-,31-,32-,38?/m1/s1. The molecule has 0 N–H and O–H groups in total. The first kappa shape index (κ1) is 33.5. The molecule has 6 rings (SSSR count). The average molecular weight is 667 g/mol. The Hall–Kier alpha value is -5.36. The molecule has 0 radical (unpaired) electrons. The normalized spacial score (nSPS) is 22.0. The van der Waals surface area contributed by atoms with Gasteiger partial charge in [0.05, 0.1) is 22.3 Å². The molecule has 4 atom stereocenters. The van der Waals surface area contributed by atoms with Crippen LogP contribution in [-0.2, 0) is 39.8 Å². The van der Waals surface area contributed by atoms with Gasteiger partial charge in [0.15, 0.2) is 18.5 Å². The van der Waals surface area contributed by atoms with E-state index >= 15 is 0 Å². The van der Waals surface area contributed by atoms with Crippen molar-refractivity contribution in [1.29, 1.82) is 0 Å². The molecule has 252 valence electrons. The second-order valence-corrected chi connectivity index (χ2v) is 11.9. The average Bonchev–Trinajstić information content (AvgIpc) is 3.60. The largest absolute Gasteiger partial charge is 0.459 e. The van der Waals surface area contributed by atoms with Crippen LogP contribution in [0.4, 0.5) is 0 Å². The fourth-order valence-electron chi connectivity index (χ4n) is 5.64. The summed E-state index contributed by atoms with van der Waals surface area (Å²) in [4.78, 5) is 53.1. The summed E-state index contributed by atoms with van der Waals surface area (Å²) in [5.74, 6) is -6.30. The van der Waals surface area contributed by atoms with Crippen LogP contribution in [0.2, 0.25) is 0 Å². The van der Waals surface area contributed by atoms with Crippen LogP contribution in [0.1, 0.15) is 60.8 Å². The predicted molar refractivity (Wildman–Crippen MR) is 172 cm³/mol. The first-order valence-corrected chi connectivity index (χ1v) is 15.7. The van der Waals surface area contributed by atoms with Crippen LogP contribution in [0.25, 0.3) is 0 Å². The second-order valence-electron chi connectivity index (χ2n) is 11.9. The summed E-state index contributed by atoms with van der Waals surface area (Å²) in [5.41, 5.74) is 1.17. The molecule has 4 aromatic carbocycles. The fraction of sp³-hybridized carbons (Fsp3) is 0.263. The molecule has 11 heteroatoms. The molecule has 0 saturated carbocycles. The van der Waals surface area contributed by atoms with Gasteiger partial charge >= 0.3 is 23.9 Å². The predicted octanol–water partition coefficient (Wildman–Crippen LogP) is 5.53. The fourth-order valence-corrected chi connectivity index (χ4v) is 5.64. The SMILES string of the molecule is CC1(C)O[C@H]2[C@@H](O1)C(COC(=O)c1ccccc1)(OC(=O)c1ccccc1C(=O)OCc1ccccc1)O[C@@H]2COC(=O)c1ccccc1. The topological polar surface area (TPSA) is 133 Å². The molecule has 4 aromatic rings. The number of hydrogen-bond acceptors (Lipinski definition) is 11. The third kappa shape index (κ3) is 7.70. The smallest absolute Gasteiger partial charge is 0.341 e. The molecule has 2 aliphatic heterocycles. The summed E-state index contributed by atoms with van der Waals surface area (Å²) in [7, 11) is 0. The van der Waals surface area contributed by atoms with Crippen molar-refractivity contribution in [3.8, 4) is 0 Å². The lowest BCUT2D eigenvalue weighted by molar-refractivity contribution is -0.284. The van der Waals surface area contributed by atoms with E-state index in [0.29, 0.717) is 5.56 Å². The highest BCUT2D eigenvalue weighted by Gasteiger charge is 2.66. The third-order valence-corrected chi connectivity index (χ3v) is 7.93. The third-order valence-electron chi connectivity index (χ3n) is 7.93. The van der Waals surface area contributed by atoms with Crippen molar-refractivity contribution in [3.63, 3.8) is 0 Å². The van der Waals surface area contributed by atoms with Gasteiger partial charge < -0.3 is 33.2 Å². The zero-order chi connectivity index (χ0) is 34.4. The van der Waals surface area contributed by atoms with E-state index in [9.17, 15) is 19.2 Å². The van der Waals surface area contributed by atoms with E-state index in [1.54, 1.807) is 98.8 Å². The summed E-state index contributed by atoms with van der Waals surface area (Å²) in [5, 5.41) is 0. The van der Waals surface area contributed by atoms with E-state index in [1.807, 2.05) is 18.2 Å². The van der Waals surface area contributed by atoms with Gasteiger partial charge in [-0.25, -0.2) is 19.2 Å². The quantitative estimate of drug-likeness (QED) is 0.148. The Balaban J connectivity index is 1.28. The van der Waals surface area contributed by atoms with Gasteiger partial charge in [0, 0.05) is 0 Å². The number of carbonyl (C=O) groups excluding carboxylic acids is 4. The van der Waals surface area contributed by atoms with E-state index in [-0.39, 0.29) is 29.9 Å². The number of rotatable bonds is 11. The highest BCUT2D eigenvalue weighted by Crippen LogP contribution is 2.45. The molecule has 0 spiro atoms. The van der Waals surface area contributed by atoms with Gasteiger partial charge in [0.25, 0.3) is 5.79 Å². The maximum Gasteiger partial charge on any atom is 0.341 e. The minimum absolute atomic E-state index is 0.0149. The van der Waals surface area contributed by atoms with Crippen LogP contribution < -0.4 is 0 Å². The monoisotopic (exact) mass is 666 g/mol. The van der Waals surface area contributed by atoms with Crippen LogP contribution in [-0.4, -0.2) is 67.0 Å². The minimum atomic E-state index is -2.08. The second kappa shape index (κ2) is 14.4. The van der Waals surface area contributed by atoms with E-state index in [0.717, 1.165) is 5.56 Å². The molecular weight excluding hydrogens is 632 g/mol. The first-order chi connectivity index (χ1) is 23.6. The maximum atomic E-state index is 14.0. The molecule has 2 fully saturated rings. The van der Waals surface area contributed by atoms with E-state index in [2.05, 4.69) is 0 Å². The van der Waals surface area contributed by atoms with E-state index < -0.39 is 60.4 Å². The highest BCUT2D eigenvalue weighted by molar-refractivity contribution is 6.03. The van der Waals surface area contributed by atoms with Crippen molar-refractivity contribution >= 4 is 23.9 Å². The highest BCUT2D eigenvalue weighted by atomic mass is 16.8. The number of ether oxygens (including phenoxy) is 7. The van der Waals surface area contributed by atoms with Crippen molar-refractivity contribution in [1.82, 2.24) is 0 Å². The molecule has 2 heterocycles. The van der Waals surface area contributed by atoms with Crippen molar-refractivity contribution in [2.75, 3.05) is 13.2 Å². The Morgan fingerprint density at radius 3 is 1.73 bits per heavy atom. The minimum Gasteiger partial charge on any atom is -0.459 e. The molecule has 0 aromatic heterocycles. The van der Waals surface area contributed by atoms with Gasteiger partial charge in [-0.15, -0.1) is 0 Å². The van der Waals surface area contributed by atoms with Crippen molar-refractivity contribution in [3.05, 3.63) is 143 Å². The van der Waals surface area contributed by atoms with Crippen LogP contribution in [0.15, 0.2) is 115 Å². The summed E-state index contributed by atoms with van der Waals surface area (Å²) < 4.78 is 41.5. The van der Waals surface area contributed by atoms with Gasteiger partial charge in [-0.3, -0.25) is 0 Å². The Bertz CT molecular complexity index is 1790. The molecule has 49 heavy (non-hydrogen) atoms. The Morgan fingerprint density at radius 2 is 1.12 bits per heavy atom. The van der Waals surface area contributed by atoms with Crippen molar-refractivity contribution in [2.24, 2.45) is 0 Å². The molecule has 0 amide bonds. The first-order valence-electron chi connectivity index (χ1n) is 15.7. The number of esters is 4. The lowest BCUT2D eigenvalue weighted by Crippen LogP contribution is -2.51. The molecule has 0 bridgehead atoms. The van der Waals surface area contributed by atoms with Crippen LogP contribution >= 0.6 is 0 Å².